The minimum Gasteiger partial charge on any atom is -0.414 e. The Morgan fingerprint density at radius 2 is 2.08 bits per heavy atom. The molecular weight excluding hydrogens is 473 g/mol. The van der Waals surface area contributed by atoms with E-state index in [2.05, 4.69) is 20.4 Å². The first-order chi connectivity index (χ1) is 17.2. The van der Waals surface area contributed by atoms with Gasteiger partial charge in [0.25, 0.3) is 0 Å². The van der Waals surface area contributed by atoms with Gasteiger partial charge in [-0.25, -0.2) is 8.91 Å². The molecule has 5 rings (SSSR count). The lowest BCUT2D eigenvalue weighted by Gasteiger charge is -2.37. The Morgan fingerprint density at radius 1 is 1.25 bits per heavy atom. The van der Waals surface area contributed by atoms with Gasteiger partial charge in [0.15, 0.2) is 0 Å². The molecule has 0 radical (unpaired) electrons. The first-order valence-electron chi connectivity index (χ1n) is 11.7. The summed E-state index contributed by atoms with van der Waals surface area (Å²) < 4.78 is 47.8. The normalized spacial score (nSPS) is 19.3. The Bertz CT molecular complexity index is 1370. The SMILES string of the molecule is CC(C)(O)CN1CC[C@H](Nc2nc(OC(F)F)c3c(-c4ccc5ncccc5c4)ccn3n2)[C@H](F)C1. The van der Waals surface area contributed by atoms with Gasteiger partial charge in [-0.3, -0.25) is 9.88 Å². The number of benzene rings is 1. The predicted molar refractivity (Wildman–Crippen MR) is 130 cm³/mol. The smallest absolute Gasteiger partial charge is 0.388 e. The molecule has 0 bridgehead atoms. The van der Waals surface area contributed by atoms with E-state index < -0.39 is 24.4 Å². The van der Waals surface area contributed by atoms with Crippen LogP contribution in [0.25, 0.3) is 27.5 Å². The van der Waals surface area contributed by atoms with Gasteiger partial charge in [0.05, 0.1) is 17.2 Å². The number of alkyl halides is 3. The summed E-state index contributed by atoms with van der Waals surface area (Å²) in [7, 11) is 0. The molecule has 4 heterocycles. The van der Waals surface area contributed by atoms with Crippen LogP contribution in [0.2, 0.25) is 0 Å². The van der Waals surface area contributed by atoms with Crippen LogP contribution in [0.5, 0.6) is 5.88 Å². The van der Waals surface area contributed by atoms with E-state index in [4.69, 9.17) is 4.74 Å². The number of aromatic nitrogens is 4. The number of nitrogens with zero attached hydrogens (tertiary/aromatic N) is 5. The minimum atomic E-state index is -3.10. The van der Waals surface area contributed by atoms with Crippen LogP contribution in [0.15, 0.2) is 48.8 Å². The molecule has 0 aliphatic carbocycles. The highest BCUT2D eigenvalue weighted by atomic mass is 19.3. The van der Waals surface area contributed by atoms with Crippen LogP contribution >= 0.6 is 0 Å². The van der Waals surface area contributed by atoms with E-state index in [1.807, 2.05) is 35.2 Å². The van der Waals surface area contributed by atoms with Gasteiger partial charge in [0, 0.05) is 43.0 Å². The van der Waals surface area contributed by atoms with Crippen LogP contribution in [0.4, 0.5) is 19.1 Å². The molecule has 2 atom stereocenters. The highest BCUT2D eigenvalue weighted by Gasteiger charge is 2.32. The maximum absolute atomic E-state index is 14.9. The van der Waals surface area contributed by atoms with Crippen molar-refractivity contribution >= 4 is 22.4 Å². The first-order valence-corrected chi connectivity index (χ1v) is 11.7. The Morgan fingerprint density at radius 3 is 2.83 bits per heavy atom. The number of fused-ring (bicyclic) bond motifs is 2. The molecule has 0 amide bonds. The summed E-state index contributed by atoms with van der Waals surface area (Å²) in [5.74, 6) is -0.310. The predicted octanol–water partition coefficient (Wildman–Crippen LogP) is 4.14. The van der Waals surface area contributed by atoms with Gasteiger partial charge in [-0.05, 0) is 50.1 Å². The monoisotopic (exact) mass is 500 g/mol. The summed E-state index contributed by atoms with van der Waals surface area (Å²) in [6, 6.07) is 10.5. The molecule has 3 aromatic heterocycles. The van der Waals surface area contributed by atoms with Gasteiger partial charge in [-0.2, -0.15) is 13.8 Å². The van der Waals surface area contributed by atoms with Crippen LogP contribution in [-0.4, -0.2) is 73.6 Å². The fourth-order valence-electron chi connectivity index (χ4n) is 4.68. The topological polar surface area (TPSA) is 87.8 Å². The number of piperidine rings is 1. The van der Waals surface area contributed by atoms with Crippen molar-refractivity contribution in [1.82, 2.24) is 24.5 Å². The third-order valence-corrected chi connectivity index (χ3v) is 6.14. The molecule has 190 valence electrons. The summed E-state index contributed by atoms with van der Waals surface area (Å²) in [6.45, 7) is 1.31. The zero-order chi connectivity index (χ0) is 25.4. The van der Waals surface area contributed by atoms with E-state index in [-0.39, 0.29) is 23.9 Å². The van der Waals surface area contributed by atoms with E-state index >= 15 is 0 Å². The number of hydrogen-bond acceptors (Lipinski definition) is 7. The zero-order valence-corrected chi connectivity index (χ0v) is 19.9. The average molecular weight is 501 g/mol. The highest BCUT2D eigenvalue weighted by molar-refractivity contribution is 5.90. The number of anilines is 1. The van der Waals surface area contributed by atoms with Gasteiger partial charge in [-0.15, -0.1) is 5.10 Å². The van der Waals surface area contributed by atoms with E-state index in [0.29, 0.717) is 25.1 Å². The van der Waals surface area contributed by atoms with E-state index in [1.165, 1.54) is 4.52 Å². The molecule has 0 unspecified atom stereocenters. The van der Waals surface area contributed by atoms with Crippen LogP contribution in [0.1, 0.15) is 20.3 Å². The Hall–Kier alpha value is -3.44. The average Bonchev–Trinajstić information content (AvgIpc) is 3.23. The van der Waals surface area contributed by atoms with Gasteiger partial charge in [0.1, 0.15) is 11.7 Å². The number of ether oxygens (including phenoxy) is 1. The summed E-state index contributed by atoms with van der Waals surface area (Å²) in [6.07, 6.45) is 2.51. The van der Waals surface area contributed by atoms with Crippen LogP contribution in [-0.2, 0) is 0 Å². The van der Waals surface area contributed by atoms with Crippen molar-refractivity contribution in [3.63, 3.8) is 0 Å². The molecule has 0 spiro atoms. The van der Waals surface area contributed by atoms with Gasteiger partial charge in [0.2, 0.25) is 11.8 Å². The van der Waals surface area contributed by atoms with Crippen molar-refractivity contribution in [1.29, 1.82) is 0 Å². The van der Waals surface area contributed by atoms with Crippen LogP contribution in [0.3, 0.4) is 0 Å². The second-order valence-corrected chi connectivity index (χ2v) is 9.66. The maximum atomic E-state index is 14.9. The molecule has 0 saturated carbocycles. The molecule has 1 saturated heterocycles. The molecule has 1 aliphatic rings. The second kappa shape index (κ2) is 9.55. The lowest BCUT2D eigenvalue weighted by atomic mass is 10.0. The number of nitrogens with one attached hydrogen (secondary N) is 1. The van der Waals surface area contributed by atoms with Gasteiger partial charge in [-0.1, -0.05) is 12.1 Å². The lowest BCUT2D eigenvalue weighted by Crippen LogP contribution is -2.51. The number of pyridine rings is 1. The lowest BCUT2D eigenvalue weighted by molar-refractivity contribution is -0.0520. The third kappa shape index (κ3) is 5.21. The Labute approximate surface area is 205 Å². The molecule has 1 fully saturated rings. The first kappa shape index (κ1) is 24.3. The molecule has 4 aromatic rings. The van der Waals surface area contributed by atoms with Crippen molar-refractivity contribution in [2.75, 3.05) is 25.0 Å². The molecule has 36 heavy (non-hydrogen) atoms. The number of halogens is 3. The molecular formula is C25H27F3N6O2. The highest BCUT2D eigenvalue weighted by Crippen LogP contribution is 2.34. The summed E-state index contributed by atoms with van der Waals surface area (Å²) in [4.78, 5) is 10.4. The molecule has 11 heteroatoms. The summed E-state index contributed by atoms with van der Waals surface area (Å²) in [5, 5.41) is 18.3. The van der Waals surface area contributed by atoms with E-state index in [0.717, 1.165) is 16.5 Å². The largest absolute Gasteiger partial charge is 0.414 e. The Kier molecular flexibility index (Phi) is 6.44. The second-order valence-electron chi connectivity index (χ2n) is 9.66. The standard InChI is InChI=1S/C25H27F3N6O2/c1-25(2,35)14-33-10-8-20(18(26)13-33)30-24-31-22(36-23(27)28)21-17(7-11-34(21)32-24)15-5-6-19-16(12-15)4-3-9-29-19/h3-7,9,11-12,18,20,23,35H,8,10,13-14H2,1-2H3,(H,30,32)/t18-,20+/m1/s1. The van der Waals surface area contributed by atoms with Crippen molar-refractivity contribution in [3.8, 4) is 17.0 Å². The number of β-amino-alcohol motifs (C(OH)–C–C–N with tert-alkyl or cyclic N) is 1. The zero-order valence-electron chi connectivity index (χ0n) is 19.9. The van der Waals surface area contributed by atoms with Crippen LogP contribution in [0, 0.1) is 0 Å². The van der Waals surface area contributed by atoms with E-state index in [9.17, 15) is 18.3 Å². The quantitative estimate of drug-likeness (QED) is 0.394. The summed E-state index contributed by atoms with van der Waals surface area (Å²) in [5.41, 5.74) is 1.55. The number of rotatable bonds is 7. The summed E-state index contributed by atoms with van der Waals surface area (Å²) >= 11 is 0. The maximum Gasteiger partial charge on any atom is 0.388 e. The number of likely N-dealkylation sites (tertiary alicyclic amines) is 1. The van der Waals surface area contributed by atoms with Gasteiger partial charge < -0.3 is 15.2 Å². The van der Waals surface area contributed by atoms with Crippen molar-refractivity contribution in [2.24, 2.45) is 0 Å². The van der Waals surface area contributed by atoms with E-state index in [1.54, 1.807) is 32.3 Å². The van der Waals surface area contributed by atoms with Gasteiger partial charge >= 0.3 is 6.61 Å². The minimum absolute atomic E-state index is 0.00778. The number of hydrogen-bond donors (Lipinski definition) is 2. The molecule has 1 aliphatic heterocycles. The van der Waals surface area contributed by atoms with Crippen LogP contribution < -0.4 is 10.1 Å². The van der Waals surface area contributed by atoms with Crippen molar-refractivity contribution in [3.05, 3.63) is 48.8 Å². The van der Waals surface area contributed by atoms with Crippen molar-refractivity contribution < 1.29 is 23.0 Å². The Balaban J connectivity index is 1.44. The fraction of sp³-hybridized carbons (Fsp3) is 0.400. The molecule has 2 N–H and O–H groups in total. The molecule has 8 nitrogen and oxygen atoms in total. The molecule has 1 aromatic carbocycles. The number of aliphatic hydroxyl groups is 1. The fourth-order valence-corrected chi connectivity index (χ4v) is 4.68. The third-order valence-electron chi connectivity index (χ3n) is 6.14. The van der Waals surface area contributed by atoms with Crippen molar-refractivity contribution in [2.45, 2.75) is 44.7 Å².